The van der Waals surface area contributed by atoms with Crippen molar-refractivity contribution in [3.05, 3.63) is 24.1 Å². The van der Waals surface area contributed by atoms with Crippen LogP contribution in [0, 0.1) is 0 Å². The van der Waals surface area contributed by atoms with Gasteiger partial charge in [-0.05, 0) is 37.5 Å². The van der Waals surface area contributed by atoms with Crippen LogP contribution >= 0.6 is 0 Å². The third-order valence-corrected chi connectivity index (χ3v) is 4.93. The zero-order chi connectivity index (χ0) is 17.9. The van der Waals surface area contributed by atoms with Gasteiger partial charge in [-0.1, -0.05) is 13.3 Å². The van der Waals surface area contributed by atoms with E-state index >= 15 is 0 Å². The van der Waals surface area contributed by atoms with E-state index in [4.69, 9.17) is 13.9 Å². The van der Waals surface area contributed by atoms with Crippen LogP contribution in [0.5, 0.6) is 11.5 Å². The topological polar surface area (TPSA) is 77.7 Å². The highest BCUT2D eigenvalue weighted by Crippen LogP contribution is 2.36. The fourth-order valence-electron chi connectivity index (χ4n) is 3.44. The Labute approximate surface area is 152 Å². The molecule has 26 heavy (non-hydrogen) atoms. The van der Waals surface area contributed by atoms with Crippen molar-refractivity contribution in [1.29, 1.82) is 0 Å². The first kappa shape index (κ1) is 16.9. The lowest BCUT2D eigenvalue weighted by Gasteiger charge is -2.31. The maximum absolute atomic E-state index is 12.3. The molecule has 2 aliphatic heterocycles. The first-order chi connectivity index (χ1) is 12.7. The van der Waals surface area contributed by atoms with E-state index in [1.54, 1.807) is 0 Å². The molecule has 0 unspecified atom stereocenters. The van der Waals surface area contributed by atoms with E-state index in [0.717, 1.165) is 43.5 Å². The van der Waals surface area contributed by atoms with Gasteiger partial charge in [0, 0.05) is 25.1 Å². The minimum absolute atomic E-state index is 0.101. The van der Waals surface area contributed by atoms with Gasteiger partial charge >= 0.3 is 0 Å². The molecule has 0 saturated carbocycles. The Morgan fingerprint density at radius 3 is 3.04 bits per heavy atom. The number of likely N-dealkylation sites (tertiary alicyclic amines) is 1. The Hall–Kier alpha value is -2.57. The Bertz CT molecular complexity index is 789. The molecule has 2 aromatic rings. The van der Waals surface area contributed by atoms with Crippen molar-refractivity contribution in [2.45, 2.75) is 44.9 Å². The van der Waals surface area contributed by atoms with E-state index in [2.05, 4.69) is 17.1 Å². The average Bonchev–Trinajstić information content (AvgIpc) is 3.34. The maximum Gasteiger partial charge on any atom is 0.247 e. The highest BCUT2D eigenvalue weighted by molar-refractivity contribution is 5.76. The van der Waals surface area contributed by atoms with Crippen LogP contribution in [0.3, 0.4) is 0 Å². The van der Waals surface area contributed by atoms with E-state index in [9.17, 15) is 4.79 Å². The van der Waals surface area contributed by atoms with Gasteiger partial charge in [0.15, 0.2) is 11.5 Å². The molecule has 0 spiro atoms. The van der Waals surface area contributed by atoms with Gasteiger partial charge in [-0.15, -0.1) is 10.2 Å². The van der Waals surface area contributed by atoms with Gasteiger partial charge in [-0.2, -0.15) is 0 Å². The predicted molar refractivity (Wildman–Crippen MR) is 93.9 cm³/mol. The second-order valence-corrected chi connectivity index (χ2v) is 6.80. The van der Waals surface area contributed by atoms with Crippen LogP contribution in [0.15, 0.2) is 22.6 Å². The molecule has 0 bridgehead atoms. The molecule has 3 heterocycles. The van der Waals surface area contributed by atoms with Crippen molar-refractivity contribution in [2.75, 3.05) is 19.9 Å². The van der Waals surface area contributed by atoms with Crippen molar-refractivity contribution in [3.63, 3.8) is 0 Å². The summed E-state index contributed by atoms with van der Waals surface area (Å²) in [6.07, 6.45) is 4.51. The summed E-state index contributed by atoms with van der Waals surface area (Å²) in [7, 11) is 0. The van der Waals surface area contributed by atoms with E-state index < -0.39 is 0 Å². The molecular weight excluding hydrogens is 334 g/mol. The third-order valence-electron chi connectivity index (χ3n) is 4.93. The number of amides is 1. The summed E-state index contributed by atoms with van der Waals surface area (Å²) < 4.78 is 16.6. The minimum atomic E-state index is 0.101. The van der Waals surface area contributed by atoms with Gasteiger partial charge in [0.1, 0.15) is 0 Å². The molecule has 1 amide bonds. The van der Waals surface area contributed by atoms with Crippen molar-refractivity contribution in [3.8, 4) is 23.0 Å². The van der Waals surface area contributed by atoms with Crippen LogP contribution in [0.2, 0.25) is 0 Å². The summed E-state index contributed by atoms with van der Waals surface area (Å²) >= 11 is 0. The molecule has 0 N–H and O–H groups in total. The Balaban J connectivity index is 1.46. The molecule has 0 aliphatic carbocycles. The molecule has 0 radical (unpaired) electrons. The number of carbonyl (C=O) groups is 1. The first-order valence-corrected chi connectivity index (χ1v) is 9.26. The molecule has 1 saturated heterocycles. The number of aromatic nitrogens is 2. The Morgan fingerprint density at radius 2 is 2.15 bits per heavy atom. The molecule has 1 aromatic carbocycles. The second kappa shape index (κ2) is 7.35. The highest BCUT2D eigenvalue weighted by atomic mass is 16.7. The van der Waals surface area contributed by atoms with Crippen LogP contribution in [-0.4, -0.2) is 40.9 Å². The van der Waals surface area contributed by atoms with Gasteiger partial charge < -0.3 is 18.8 Å². The van der Waals surface area contributed by atoms with Gasteiger partial charge in [-0.25, -0.2) is 0 Å². The minimum Gasteiger partial charge on any atom is -0.454 e. The van der Waals surface area contributed by atoms with E-state index in [-0.39, 0.29) is 18.6 Å². The molecule has 1 aromatic heterocycles. The predicted octanol–water partition coefficient (Wildman–Crippen LogP) is 3.36. The number of benzene rings is 1. The van der Waals surface area contributed by atoms with E-state index in [1.807, 2.05) is 23.1 Å². The molecule has 4 rings (SSSR count). The van der Waals surface area contributed by atoms with Gasteiger partial charge in [0.2, 0.25) is 24.5 Å². The largest absolute Gasteiger partial charge is 0.454 e. The molecule has 1 fully saturated rings. The zero-order valence-electron chi connectivity index (χ0n) is 14.9. The van der Waals surface area contributed by atoms with Crippen molar-refractivity contribution in [2.24, 2.45) is 0 Å². The number of hydrogen-bond acceptors (Lipinski definition) is 6. The van der Waals surface area contributed by atoms with Crippen LogP contribution < -0.4 is 9.47 Å². The summed E-state index contributed by atoms with van der Waals surface area (Å²) in [5.41, 5.74) is 0.805. The summed E-state index contributed by atoms with van der Waals surface area (Å²) in [5.74, 6) is 2.81. The average molecular weight is 357 g/mol. The standard InChI is InChI=1S/C19H23N3O4/c1-2-3-6-17(23)22-9-4-5-14(11-22)19-21-20-18(26-19)13-7-8-15-16(10-13)25-12-24-15/h7-8,10,14H,2-6,9,11-12H2,1H3/t14-/m0/s1. The summed E-state index contributed by atoms with van der Waals surface area (Å²) in [6, 6.07) is 5.57. The third kappa shape index (κ3) is 3.38. The smallest absolute Gasteiger partial charge is 0.247 e. The fraction of sp³-hybridized carbons (Fsp3) is 0.526. The van der Waals surface area contributed by atoms with Crippen LogP contribution in [0.4, 0.5) is 0 Å². The van der Waals surface area contributed by atoms with Crippen LogP contribution in [0.1, 0.15) is 50.8 Å². The van der Waals surface area contributed by atoms with Crippen molar-refractivity contribution in [1.82, 2.24) is 15.1 Å². The lowest BCUT2D eigenvalue weighted by atomic mass is 9.97. The number of rotatable bonds is 5. The summed E-state index contributed by atoms with van der Waals surface area (Å²) in [5, 5.41) is 8.43. The maximum atomic E-state index is 12.3. The number of ether oxygens (including phenoxy) is 2. The second-order valence-electron chi connectivity index (χ2n) is 6.80. The molecule has 7 heteroatoms. The number of fused-ring (bicyclic) bond motifs is 1. The molecule has 7 nitrogen and oxygen atoms in total. The zero-order valence-corrected chi connectivity index (χ0v) is 14.9. The highest BCUT2D eigenvalue weighted by Gasteiger charge is 2.28. The Kier molecular flexibility index (Phi) is 4.77. The van der Waals surface area contributed by atoms with Crippen molar-refractivity contribution < 1.29 is 18.7 Å². The molecule has 2 aliphatic rings. The lowest BCUT2D eigenvalue weighted by Crippen LogP contribution is -2.39. The number of hydrogen-bond donors (Lipinski definition) is 0. The van der Waals surface area contributed by atoms with E-state index in [1.165, 1.54) is 0 Å². The number of nitrogens with zero attached hydrogens (tertiary/aromatic N) is 3. The fourth-order valence-corrected chi connectivity index (χ4v) is 3.44. The molecular formula is C19H23N3O4. The number of piperidine rings is 1. The quantitative estimate of drug-likeness (QED) is 0.816. The number of unbranched alkanes of at least 4 members (excludes halogenated alkanes) is 1. The molecule has 1 atom stereocenters. The van der Waals surface area contributed by atoms with Gasteiger partial charge in [0.05, 0.1) is 5.92 Å². The summed E-state index contributed by atoms with van der Waals surface area (Å²) in [6.45, 7) is 3.81. The lowest BCUT2D eigenvalue weighted by molar-refractivity contribution is -0.132. The number of carbonyl (C=O) groups excluding carboxylic acids is 1. The normalized spacial score (nSPS) is 19.0. The van der Waals surface area contributed by atoms with Gasteiger partial charge in [-0.3, -0.25) is 4.79 Å². The Morgan fingerprint density at radius 1 is 1.27 bits per heavy atom. The van der Waals surface area contributed by atoms with Gasteiger partial charge in [0.25, 0.3) is 0 Å². The van der Waals surface area contributed by atoms with Crippen molar-refractivity contribution >= 4 is 5.91 Å². The van der Waals surface area contributed by atoms with Crippen LogP contribution in [0.25, 0.3) is 11.5 Å². The first-order valence-electron chi connectivity index (χ1n) is 9.26. The van der Waals surface area contributed by atoms with E-state index in [0.29, 0.717) is 30.5 Å². The summed E-state index contributed by atoms with van der Waals surface area (Å²) in [4.78, 5) is 14.2. The van der Waals surface area contributed by atoms with Crippen LogP contribution in [-0.2, 0) is 4.79 Å². The molecule has 138 valence electrons. The monoisotopic (exact) mass is 357 g/mol. The SMILES string of the molecule is CCCCC(=O)N1CCC[C@H](c2nnc(-c3ccc4c(c3)OCO4)o2)C1.